The molecule has 0 bridgehead atoms. The van der Waals surface area contributed by atoms with Crippen LogP contribution in [-0.2, 0) is 9.59 Å². The minimum atomic E-state index is -0.833. The average molecular weight is 368 g/mol. The van der Waals surface area contributed by atoms with Gasteiger partial charge in [0.1, 0.15) is 5.82 Å². The molecule has 2 rings (SSSR count). The van der Waals surface area contributed by atoms with Gasteiger partial charge in [-0.1, -0.05) is 0 Å². The summed E-state index contributed by atoms with van der Waals surface area (Å²) in [7, 11) is 1.52. The number of rotatable bonds is 5. The van der Waals surface area contributed by atoms with Crippen LogP contribution in [0.1, 0.15) is 23.2 Å². The molecule has 0 saturated carbocycles. The van der Waals surface area contributed by atoms with Crippen molar-refractivity contribution >= 4 is 29.5 Å². The molecule has 1 heterocycles. The van der Waals surface area contributed by atoms with Crippen molar-refractivity contribution in [1.29, 1.82) is 0 Å². The van der Waals surface area contributed by atoms with E-state index in [1.807, 2.05) is 0 Å². The first-order valence-electron chi connectivity index (χ1n) is 7.93. The minimum absolute atomic E-state index is 0.0947. The number of nitrogens with zero attached hydrogens (tertiary/aromatic N) is 2. The summed E-state index contributed by atoms with van der Waals surface area (Å²) in [5.41, 5.74) is 0.325. The molecule has 0 spiro atoms. The molecule has 0 atom stereocenters. The molecule has 2 amide bonds. The summed E-state index contributed by atoms with van der Waals surface area (Å²) >= 11 is 1.21. The molecule has 0 aliphatic carbocycles. The maximum absolute atomic E-state index is 13.5. The molecule has 0 aromatic heterocycles. The Balaban J connectivity index is 1.95. The lowest BCUT2D eigenvalue weighted by Crippen LogP contribution is -2.45. The monoisotopic (exact) mass is 368 g/mol. The Morgan fingerprint density at radius 2 is 1.96 bits per heavy atom. The third-order valence-corrected chi connectivity index (χ3v) is 5.07. The molecule has 1 aliphatic rings. The van der Waals surface area contributed by atoms with E-state index in [1.165, 1.54) is 41.9 Å². The molecule has 0 unspecified atom stereocenters. The molecule has 1 aromatic rings. The Morgan fingerprint density at radius 3 is 2.52 bits per heavy atom. The Labute approximate surface area is 150 Å². The van der Waals surface area contributed by atoms with Crippen LogP contribution in [0.25, 0.3) is 0 Å². The zero-order valence-electron chi connectivity index (χ0n) is 14.2. The van der Waals surface area contributed by atoms with Crippen molar-refractivity contribution < 1.29 is 23.9 Å². The molecule has 25 heavy (non-hydrogen) atoms. The quantitative estimate of drug-likeness (QED) is 0.804. The van der Waals surface area contributed by atoms with Gasteiger partial charge < -0.3 is 14.9 Å². The van der Waals surface area contributed by atoms with Crippen molar-refractivity contribution in [3.8, 4) is 0 Å². The lowest BCUT2D eigenvalue weighted by atomic mass is 9.97. The predicted octanol–water partition coefficient (Wildman–Crippen LogP) is 1.94. The number of thioether (sulfide) groups is 1. The second kappa shape index (κ2) is 8.33. The van der Waals surface area contributed by atoms with Gasteiger partial charge in [-0.3, -0.25) is 14.4 Å². The standard InChI is InChI=1S/C17H21FN2O4S/c1-19(16(22)12-3-4-13(18)14(9-12)25-2)10-15(21)20-7-5-11(6-8-20)17(23)24/h3-4,9,11H,5-8,10H2,1-2H3,(H,23,24). The van der Waals surface area contributed by atoms with E-state index in [4.69, 9.17) is 5.11 Å². The van der Waals surface area contributed by atoms with Crippen molar-refractivity contribution in [1.82, 2.24) is 9.80 Å². The summed E-state index contributed by atoms with van der Waals surface area (Å²) in [5.74, 6) is -2.20. The van der Waals surface area contributed by atoms with Crippen LogP contribution in [-0.4, -0.2) is 65.6 Å². The number of benzene rings is 1. The van der Waals surface area contributed by atoms with Crippen LogP contribution in [0.2, 0.25) is 0 Å². The molecule has 1 aliphatic heterocycles. The average Bonchev–Trinajstić information content (AvgIpc) is 2.61. The van der Waals surface area contributed by atoms with E-state index in [0.29, 0.717) is 36.4 Å². The van der Waals surface area contributed by atoms with Crippen LogP contribution < -0.4 is 0 Å². The van der Waals surface area contributed by atoms with Crippen molar-refractivity contribution in [2.75, 3.05) is 32.9 Å². The van der Waals surface area contributed by atoms with Crippen LogP contribution in [0.15, 0.2) is 23.1 Å². The fourth-order valence-corrected chi connectivity index (χ4v) is 3.27. The molecule has 0 radical (unpaired) electrons. The first kappa shape index (κ1) is 19.2. The zero-order chi connectivity index (χ0) is 18.6. The van der Waals surface area contributed by atoms with Gasteiger partial charge in [-0.2, -0.15) is 0 Å². The maximum Gasteiger partial charge on any atom is 0.306 e. The first-order valence-corrected chi connectivity index (χ1v) is 9.15. The third-order valence-electron chi connectivity index (χ3n) is 4.31. The lowest BCUT2D eigenvalue weighted by molar-refractivity contribution is -0.145. The number of piperidine rings is 1. The number of likely N-dealkylation sites (N-methyl/N-ethyl adjacent to an activating group) is 1. The summed E-state index contributed by atoms with van der Waals surface area (Å²) in [6, 6.07) is 4.11. The van der Waals surface area contributed by atoms with Gasteiger partial charge in [0.2, 0.25) is 5.91 Å². The first-order chi connectivity index (χ1) is 11.8. The Bertz CT molecular complexity index is 675. The highest BCUT2D eigenvalue weighted by molar-refractivity contribution is 7.98. The Morgan fingerprint density at radius 1 is 1.32 bits per heavy atom. The second-order valence-corrected chi connectivity index (χ2v) is 6.85. The summed E-state index contributed by atoms with van der Waals surface area (Å²) in [6.07, 6.45) is 2.57. The summed E-state index contributed by atoms with van der Waals surface area (Å²) in [4.78, 5) is 38.9. The Kier molecular flexibility index (Phi) is 6.41. The largest absolute Gasteiger partial charge is 0.481 e. The Hall–Kier alpha value is -2.09. The molecule has 8 heteroatoms. The van der Waals surface area contributed by atoms with E-state index in [2.05, 4.69) is 0 Å². The number of hydrogen-bond donors (Lipinski definition) is 1. The fourth-order valence-electron chi connectivity index (χ4n) is 2.76. The second-order valence-electron chi connectivity index (χ2n) is 6.00. The van der Waals surface area contributed by atoms with Crippen molar-refractivity contribution in [3.63, 3.8) is 0 Å². The van der Waals surface area contributed by atoms with Crippen LogP contribution in [0, 0.1) is 11.7 Å². The molecular formula is C17H21FN2O4S. The summed E-state index contributed by atoms with van der Waals surface area (Å²) in [5, 5.41) is 8.98. The molecule has 1 aromatic carbocycles. The molecule has 136 valence electrons. The highest BCUT2D eigenvalue weighted by Gasteiger charge is 2.28. The molecule has 1 saturated heterocycles. The smallest absolute Gasteiger partial charge is 0.306 e. The fraction of sp³-hybridized carbons (Fsp3) is 0.471. The van der Waals surface area contributed by atoms with Gasteiger partial charge in [-0.15, -0.1) is 11.8 Å². The number of carboxylic acid groups (broad SMARTS) is 1. The topological polar surface area (TPSA) is 77.9 Å². The van der Waals surface area contributed by atoms with Gasteiger partial charge in [0.25, 0.3) is 5.91 Å². The van der Waals surface area contributed by atoms with E-state index < -0.39 is 11.9 Å². The number of carbonyl (C=O) groups excluding carboxylic acids is 2. The highest BCUT2D eigenvalue weighted by atomic mass is 32.2. The number of amides is 2. The molecular weight excluding hydrogens is 347 g/mol. The number of hydrogen-bond acceptors (Lipinski definition) is 4. The van der Waals surface area contributed by atoms with Gasteiger partial charge in [0.15, 0.2) is 0 Å². The van der Waals surface area contributed by atoms with Crippen LogP contribution in [0.4, 0.5) is 4.39 Å². The number of likely N-dealkylation sites (tertiary alicyclic amines) is 1. The maximum atomic E-state index is 13.5. The zero-order valence-corrected chi connectivity index (χ0v) is 15.0. The van der Waals surface area contributed by atoms with Crippen molar-refractivity contribution in [3.05, 3.63) is 29.6 Å². The van der Waals surface area contributed by atoms with E-state index in [-0.39, 0.29) is 24.2 Å². The van der Waals surface area contributed by atoms with Crippen LogP contribution in [0.5, 0.6) is 0 Å². The van der Waals surface area contributed by atoms with Crippen LogP contribution in [0.3, 0.4) is 0 Å². The lowest BCUT2D eigenvalue weighted by Gasteiger charge is -2.31. The molecule has 6 nitrogen and oxygen atoms in total. The van der Waals surface area contributed by atoms with Gasteiger partial charge in [0, 0.05) is 30.6 Å². The van der Waals surface area contributed by atoms with E-state index in [1.54, 1.807) is 11.2 Å². The van der Waals surface area contributed by atoms with Gasteiger partial charge >= 0.3 is 5.97 Å². The number of halogens is 1. The van der Waals surface area contributed by atoms with Gasteiger partial charge in [-0.05, 0) is 37.3 Å². The SMILES string of the molecule is CSc1cc(C(=O)N(C)CC(=O)N2CCC(C(=O)O)CC2)ccc1F. The number of carboxylic acids is 1. The number of aliphatic carboxylic acids is 1. The summed E-state index contributed by atoms with van der Waals surface area (Å²) in [6.45, 7) is 0.665. The molecule has 1 fully saturated rings. The summed E-state index contributed by atoms with van der Waals surface area (Å²) < 4.78 is 13.5. The van der Waals surface area contributed by atoms with E-state index in [0.717, 1.165) is 0 Å². The minimum Gasteiger partial charge on any atom is -0.481 e. The molecule has 1 N–H and O–H groups in total. The number of carbonyl (C=O) groups is 3. The normalized spacial score (nSPS) is 15.1. The van der Waals surface area contributed by atoms with Crippen LogP contribution >= 0.6 is 11.8 Å². The predicted molar refractivity (Wildman–Crippen MR) is 92.1 cm³/mol. The van der Waals surface area contributed by atoms with Gasteiger partial charge in [-0.25, -0.2) is 4.39 Å². The highest BCUT2D eigenvalue weighted by Crippen LogP contribution is 2.21. The van der Waals surface area contributed by atoms with E-state index in [9.17, 15) is 18.8 Å². The van der Waals surface area contributed by atoms with Gasteiger partial charge in [0.05, 0.1) is 12.5 Å². The van der Waals surface area contributed by atoms with Crippen molar-refractivity contribution in [2.24, 2.45) is 5.92 Å². The van der Waals surface area contributed by atoms with Crippen molar-refractivity contribution in [2.45, 2.75) is 17.7 Å². The third kappa shape index (κ3) is 4.72. The van der Waals surface area contributed by atoms with E-state index >= 15 is 0 Å².